The molecule has 5 unspecified atom stereocenters. The van der Waals surface area contributed by atoms with Gasteiger partial charge in [-0.25, -0.2) is 0 Å². The highest BCUT2D eigenvalue weighted by Gasteiger charge is 2.43. The lowest BCUT2D eigenvalue weighted by molar-refractivity contribution is -0.218. The first-order chi connectivity index (χ1) is 14.3. The number of fused-ring (bicyclic) bond motifs is 1. The molecule has 1 aromatic carbocycles. The highest BCUT2D eigenvalue weighted by atomic mass is 35.5. The molecular weight excluding hydrogens is 408 g/mol. The molecule has 5 atom stereocenters. The lowest BCUT2D eigenvalue weighted by atomic mass is 9.91. The molecule has 2 heterocycles. The van der Waals surface area contributed by atoms with E-state index in [-0.39, 0.29) is 0 Å². The maximum Gasteiger partial charge on any atom is 0.113 e. The molecule has 30 heavy (non-hydrogen) atoms. The van der Waals surface area contributed by atoms with Gasteiger partial charge in [0, 0.05) is 17.4 Å². The topological polar surface area (TPSA) is 116 Å². The Balaban J connectivity index is 1.70. The summed E-state index contributed by atoms with van der Waals surface area (Å²) in [4.78, 5) is 8.56. The Morgan fingerprint density at radius 2 is 1.80 bits per heavy atom. The Morgan fingerprint density at radius 1 is 1.10 bits per heavy atom. The number of aromatic nitrogens is 2. The van der Waals surface area contributed by atoms with Crippen LogP contribution in [0.15, 0.2) is 65.5 Å². The molecule has 0 amide bonds. The Bertz CT molecular complexity index is 975. The largest absolute Gasteiger partial charge is 0.394 e. The summed E-state index contributed by atoms with van der Waals surface area (Å²) in [6, 6.07) is 5.85. The number of aliphatic hydroxyl groups excluding tert-OH is 4. The quantitative estimate of drug-likeness (QED) is 0.513. The smallest absolute Gasteiger partial charge is 0.113 e. The molecule has 0 aliphatic carbocycles. The van der Waals surface area contributed by atoms with Gasteiger partial charge < -0.3 is 25.2 Å². The third-order valence-corrected chi connectivity index (χ3v) is 5.56. The SMILES string of the molecule is C=C(C=CC(Cl)=C(C)Cc1ccc2nccnc2c1)C1OC(CO)C(O)C(O)C1O. The monoisotopic (exact) mass is 432 g/mol. The minimum Gasteiger partial charge on any atom is -0.394 e. The number of benzene rings is 1. The van der Waals surface area contributed by atoms with Gasteiger partial charge in [0.2, 0.25) is 0 Å². The Hall–Kier alpha value is -2.13. The van der Waals surface area contributed by atoms with Crippen LogP contribution in [-0.4, -0.2) is 67.5 Å². The molecule has 1 aliphatic rings. The van der Waals surface area contributed by atoms with Crippen LogP contribution in [0.1, 0.15) is 12.5 Å². The van der Waals surface area contributed by atoms with Crippen LogP contribution < -0.4 is 0 Å². The van der Waals surface area contributed by atoms with Crippen molar-refractivity contribution in [1.82, 2.24) is 9.97 Å². The molecular formula is C22H25ClN2O5. The maximum absolute atomic E-state index is 10.2. The lowest BCUT2D eigenvalue weighted by Gasteiger charge is -2.40. The fraction of sp³-hybridized carbons (Fsp3) is 0.364. The third kappa shape index (κ3) is 4.95. The lowest BCUT2D eigenvalue weighted by Crippen LogP contribution is -2.58. The van der Waals surface area contributed by atoms with Gasteiger partial charge in [-0.05, 0) is 42.7 Å². The zero-order valence-electron chi connectivity index (χ0n) is 16.5. The van der Waals surface area contributed by atoms with Gasteiger partial charge in [-0.1, -0.05) is 35.9 Å². The molecule has 7 nitrogen and oxygen atoms in total. The minimum absolute atomic E-state index is 0.360. The molecule has 0 spiro atoms. The van der Waals surface area contributed by atoms with Crippen molar-refractivity contribution >= 4 is 22.6 Å². The average Bonchev–Trinajstić information content (AvgIpc) is 2.75. The Morgan fingerprint density at radius 3 is 2.50 bits per heavy atom. The van der Waals surface area contributed by atoms with Gasteiger partial charge in [0.15, 0.2) is 0 Å². The van der Waals surface area contributed by atoms with Crippen molar-refractivity contribution in [2.75, 3.05) is 6.61 Å². The van der Waals surface area contributed by atoms with Crippen LogP contribution >= 0.6 is 11.6 Å². The highest BCUT2D eigenvalue weighted by molar-refractivity contribution is 6.31. The van der Waals surface area contributed by atoms with Crippen molar-refractivity contribution in [1.29, 1.82) is 0 Å². The second-order valence-corrected chi connectivity index (χ2v) is 7.75. The summed E-state index contributed by atoms with van der Waals surface area (Å²) in [5, 5.41) is 39.8. The molecule has 1 fully saturated rings. The first-order valence-electron chi connectivity index (χ1n) is 9.54. The number of aliphatic hydroxyl groups is 4. The molecule has 4 N–H and O–H groups in total. The number of ether oxygens (including phenoxy) is 1. The minimum atomic E-state index is -1.45. The maximum atomic E-state index is 10.2. The van der Waals surface area contributed by atoms with E-state index in [4.69, 9.17) is 16.3 Å². The zero-order chi connectivity index (χ0) is 21.8. The van der Waals surface area contributed by atoms with Crippen molar-refractivity contribution < 1.29 is 25.2 Å². The van der Waals surface area contributed by atoms with Crippen LogP contribution in [0.25, 0.3) is 11.0 Å². The summed E-state index contributed by atoms with van der Waals surface area (Å²) in [6.45, 7) is 5.28. The van der Waals surface area contributed by atoms with Crippen LogP contribution in [0.2, 0.25) is 0 Å². The molecule has 2 aromatic rings. The number of halogens is 1. The summed E-state index contributed by atoms with van der Waals surface area (Å²) in [6.07, 6.45) is 0.955. The predicted molar refractivity (Wildman–Crippen MR) is 114 cm³/mol. The van der Waals surface area contributed by atoms with Crippen LogP contribution in [0.4, 0.5) is 0 Å². The molecule has 0 radical (unpaired) electrons. The molecule has 1 aromatic heterocycles. The standard InChI is InChI=1S/C22H25ClN2O5/c1-12(22-21(29)20(28)19(27)18(11-26)30-22)3-5-15(23)13(2)9-14-4-6-16-17(10-14)25-8-7-24-16/h3-8,10,18-22,26-29H,1,9,11H2,2H3. The number of allylic oxidation sites excluding steroid dienone is 3. The van der Waals surface area contributed by atoms with E-state index in [0.29, 0.717) is 17.0 Å². The van der Waals surface area contributed by atoms with E-state index in [0.717, 1.165) is 22.2 Å². The first kappa shape index (κ1) is 22.6. The second kappa shape index (κ2) is 9.78. The number of hydrogen-bond donors (Lipinski definition) is 4. The van der Waals surface area contributed by atoms with Crippen LogP contribution in [0, 0.1) is 0 Å². The van der Waals surface area contributed by atoms with Crippen molar-refractivity contribution in [3.63, 3.8) is 0 Å². The van der Waals surface area contributed by atoms with E-state index in [9.17, 15) is 20.4 Å². The molecule has 0 saturated carbocycles. The Labute approximate surface area is 179 Å². The van der Waals surface area contributed by atoms with Gasteiger partial charge >= 0.3 is 0 Å². The van der Waals surface area contributed by atoms with Gasteiger partial charge in [-0.15, -0.1) is 0 Å². The third-order valence-electron chi connectivity index (χ3n) is 5.11. The van der Waals surface area contributed by atoms with Crippen molar-refractivity contribution in [2.45, 2.75) is 43.9 Å². The van der Waals surface area contributed by atoms with Gasteiger partial charge in [-0.2, -0.15) is 0 Å². The van der Waals surface area contributed by atoms with Crippen molar-refractivity contribution in [2.24, 2.45) is 0 Å². The summed E-state index contributed by atoms with van der Waals surface area (Å²) >= 11 is 6.42. The molecule has 3 rings (SSSR count). The molecule has 160 valence electrons. The van der Waals surface area contributed by atoms with E-state index < -0.39 is 37.1 Å². The van der Waals surface area contributed by atoms with E-state index in [1.807, 2.05) is 25.1 Å². The summed E-state index contributed by atoms with van der Waals surface area (Å²) in [7, 11) is 0. The normalized spacial score (nSPS) is 28.0. The van der Waals surface area contributed by atoms with Crippen LogP contribution in [-0.2, 0) is 11.2 Å². The van der Waals surface area contributed by atoms with E-state index >= 15 is 0 Å². The predicted octanol–water partition coefficient (Wildman–Crippen LogP) is 1.64. The second-order valence-electron chi connectivity index (χ2n) is 7.34. The van der Waals surface area contributed by atoms with Gasteiger partial charge in [0.25, 0.3) is 0 Å². The van der Waals surface area contributed by atoms with E-state index in [1.54, 1.807) is 24.5 Å². The average molecular weight is 433 g/mol. The van der Waals surface area contributed by atoms with E-state index in [1.165, 1.54) is 0 Å². The van der Waals surface area contributed by atoms with Gasteiger partial charge in [0.05, 0.1) is 17.6 Å². The zero-order valence-corrected chi connectivity index (χ0v) is 17.3. The van der Waals surface area contributed by atoms with Crippen LogP contribution in [0.3, 0.4) is 0 Å². The summed E-state index contributed by atoms with van der Waals surface area (Å²) in [5.41, 5.74) is 3.95. The van der Waals surface area contributed by atoms with E-state index in [2.05, 4.69) is 16.5 Å². The van der Waals surface area contributed by atoms with Crippen LogP contribution in [0.5, 0.6) is 0 Å². The molecule has 8 heteroatoms. The number of hydrogen-bond acceptors (Lipinski definition) is 7. The van der Waals surface area contributed by atoms with Gasteiger partial charge in [0.1, 0.15) is 30.5 Å². The fourth-order valence-electron chi connectivity index (χ4n) is 3.33. The molecule has 1 saturated heterocycles. The number of rotatable bonds is 6. The molecule has 1 aliphatic heterocycles. The molecule has 0 bridgehead atoms. The number of nitrogens with zero attached hydrogens (tertiary/aromatic N) is 2. The first-order valence-corrected chi connectivity index (χ1v) is 9.92. The van der Waals surface area contributed by atoms with Gasteiger partial charge in [-0.3, -0.25) is 9.97 Å². The summed E-state index contributed by atoms with van der Waals surface area (Å²) < 4.78 is 5.49. The van der Waals surface area contributed by atoms with Crippen molar-refractivity contribution in [3.05, 3.63) is 71.1 Å². The van der Waals surface area contributed by atoms with Crippen molar-refractivity contribution in [3.8, 4) is 0 Å². The Kier molecular flexibility index (Phi) is 7.36. The highest BCUT2D eigenvalue weighted by Crippen LogP contribution is 2.26. The summed E-state index contributed by atoms with van der Waals surface area (Å²) in [5.74, 6) is 0. The fourth-order valence-corrected chi connectivity index (χ4v) is 3.46.